The molecule has 3 rings (SSSR count). The monoisotopic (exact) mass is 350 g/mol. The van der Waals surface area contributed by atoms with Crippen LogP contribution in [-0.2, 0) is 4.74 Å². The molecule has 0 bridgehead atoms. The number of ether oxygens (including phenoxy) is 2. The molecule has 2 N–H and O–H groups in total. The Hall–Kier alpha value is -3.61. The molecule has 3 aromatic rings. The topological polar surface area (TPSA) is 85.4 Å². The van der Waals surface area contributed by atoms with Crippen molar-refractivity contribution < 1.29 is 14.3 Å². The smallest absolute Gasteiger partial charge is 0.337 e. The molecule has 0 aliphatic heterocycles. The van der Waals surface area contributed by atoms with Gasteiger partial charge in [-0.3, -0.25) is 0 Å². The summed E-state index contributed by atoms with van der Waals surface area (Å²) in [7, 11) is 2.98. The minimum atomic E-state index is -0.376. The molecule has 0 atom stereocenters. The van der Waals surface area contributed by atoms with E-state index in [1.54, 1.807) is 43.6 Å². The summed E-state index contributed by atoms with van der Waals surface area (Å²) >= 11 is 0. The summed E-state index contributed by atoms with van der Waals surface area (Å²) < 4.78 is 9.82. The van der Waals surface area contributed by atoms with E-state index in [1.807, 2.05) is 24.3 Å². The first kappa shape index (κ1) is 17.2. The summed E-state index contributed by atoms with van der Waals surface area (Å²) in [6.45, 7) is 0. The second kappa shape index (κ2) is 7.98. The van der Waals surface area contributed by atoms with Crippen molar-refractivity contribution in [3.63, 3.8) is 0 Å². The highest BCUT2D eigenvalue weighted by molar-refractivity contribution is 5.89. The van der Waals surface area contributed by atoms with Crippen molar-refractivity contribution in [1.82, 2.24) is 9.97 Å². The number of nitrogens with one attached hydrogen (secondary N) is 2. The van der Waals surface area contributed by atoms with E-state index < -0.39 is 0 Å². The molecule has 1 aromatic heterocycles. The highest BCUT2D eigenvalue weighted by atomic mass is 16.5. The first-order chi connectivity index (χ1) is 12.7. The Labute approximate surface area is 151 Å². The van der Waals surface area contributed by atoms with Gasteiger partial charge in [-0.2, -0.15) is 4.98 Å². The van der Waals surface area contributed by atoms with Gasteiger partial charge in [-0.25, -0.2) is 9.78 Å². The number of anilines is 4. The van der Waals surface area contributed by atoms with E-state index in [1.165, 1.54) is 7.11 Å². The predicted molar refractivity (Wildman–Crippen MR) is 99.4 cm³/mol. The average molecular weight is 350 g/mol. The molecule has 0 saturated carbocycles. The van der Waals surface area contributed by atoms with E-state index in [-0.39, 0.29) is 5.97 Å². The summed E-state index contributed by atoms with van der Waals surface area (Å²) in [6, 6.07) is 16.2. The number of methoxy groups -OCH3 is 2. The van der Waals surface area contributed by atoms with Crippen LogP contribution in [0.2, 0.25) is 0 Å². The number of carbonyl (C=O) groups is 1. The minimum absolute atomic E-state index is 0.376. The van der Waals surface area contributed by atoms with E-state index in [0.29, 0.717) is 17.3 Å². The molecule has 0 spiro atoms. The summed E-state index contributed by atoms with van der Waals surface area (Å²) in [6.07, 6.45) is 1.66. The molecule has 2 aromatic carbocycles. The van der Waals surface area contributed by atoms with Crippen LogP contribution in [0.25, 0.3) is 0 Å². The van der Waals surface area contributed by atoms with Gasteiger partial charge in [0, 0.05) is 17.6 Å². The molecule has 26 heavy (non-hydrogen) atoms. The van der Waals surface area contributed by atoms with Crippen molar-refractivity contribution >= 4 is 29.1 Å². The fourth-order valence-corrected chi connectivity index (χ4v) is 2.25. The van der Waals surface area contributed by atoms with Crippen LogP contribution in [0.3, 0.4) is 0 Å². The molecule has 0 unspecified atom stereocenters. The van der Waals surface area contributed by atoms with Gasteiger partial charge in [0.1, 0.15) is 11.6 Å². The van der Waals surface area contributed by atoms with Crippen molar-refractivity contribution in [2.45, 2.75) is 0 Å². The molecule has 0 amide bonds. The van der Waals surface area contributed by atoms with Crippen molar-refractivity contribution in [3.8, 4) is 5.75 Å². The third-order valence-corrected chi connectivity index (χ3v) is 3.58. The number of carbonyl (C=O) groups excluding carboxylic acids is 1. The van der Waals surface area contributed by atoms with Gasteiger partial charge in [0.05, 0.1) is 19.8 Å². The summed E-state index contributed by atoms with van der Waals surface area (Å²) in [5.74, 6) is 1.50. The highest BCUT2D eigenvalue weighted by Gasteiger charge is 2.05. The van der Waals surface area contributed by atoms with Crippen LogP contribution in [0.1, 0.15) is 10.4 Å². The van der Waals surface area contributed by atoms with Crippen molar-refractivity contribution in [2.75, 3.05) is 24.9 Å². The Bertz CT molecular complexity index is 880. The number of benzene rings is 2. The first-order valence-electron chi connectivity index (χ1n) is 7.87. The lowest BCUT2D eigenvalue weighted by Gasteiger charge is -2.09. The molecule has 7 nitrogen and oxygen atoms in total. The summed E-state index contributed by atoms with van der Waals surface area (Å²) in [4.78, 5) is 20.1. The standard InChI is InChI=1S/C19H18N4O3/c1-25-16-9-7-14(8-10-16)21-17-11-12-20-19(23-17)22-15-5-3-13(4-6-15)18(24)26-2/h3-12H,1-2H3,(H2,20,21,22,23). The fourth-order valence-electron chi connectivity index (χ4n) is 2.25. The van der Waals surface area contributed by atoms with Gasteiger partial charge in [0.15, 0.2) is 0 Å². The van der Waals surface area contributed by atoms with E-state index >= 15 is 0 Å². The van der Waals surface area contributed by atoms with Gasteiger partial charge < -0.3 is 20.1 Å². The highest BCUT2D eigenvalue weighted by Crippen LogP contribution is 2.20. The molecule has 0 saturated heterocycles. The van der Waals surface area contributed by atoms with Gasteiger partial charge >= 0.3 is 5.97 Å². The van der Waals surface area contributed by atoms with E-state index in [4.69, 9.17) is 4.74 Å². The van der Waals surface area contributed by atoms with Gasteiger partial charge in [-0.1, -0.05) is 0 Å². The second-order valence-corrected chi connectivity index (χ2v) is 5.31. The number of esters is 1. The van der Waals surface area contributed by atoms with Crippen molar-refractivity contribution in [3.05, 3.63) is 66.4 Å². The number of nitrogens with zero attached hydrogens (tertiary/aromatic N) is 2. The maximum atomic E-state index is 11.5. The fraction of sp³-hybridized carbons (Fsp3) is 0.105. The second-order valence-electron chi connectivity index (χ2n) is 5.31. The first-order valence-corrected chi connectivity index (χ1v) is 7.87. The molecular formula is C19H18N4O3. The van der Waals surface area contributed by atoms with Crippen molar-refractivity contribution in [1.29, 1.82) is 0 Å². The lowest BCUT2D eigenvalue weighted by Crippen LogP contribution is -2.02. The van der Waals surface area contributed by atoms with Gasteiger partial charge in [0.25, 0.3) is 0 Å². The van der Waals surface area contributed by atoms with Gasteiger partial charge in [-0.05, 0) is 54.6 Å². The van der Waals surface area contributed by atoms with Crippen LogP contribution in [0.5, 0.6) is 5.75 Å². The Morgan fingerprint density at radius 1 is 0.885 bits per heavy atom. The van der Waals surface area contributed by atoms with Crippen molar-refractivity contribution in [2.24, 2.45) is 0 Å². The molecule has 1 heterocycles. The zero-order valence-corrected chi connectivity index (χ0v) is 14.4. The lowest BCUT2D eigenvalue weighted by atomic mass is 10.2. The number of hydrogen-bond acceptors (Lipinski definition) is 7. The Kier molecular flexibility index (Phi) is 5.28. The van der Waals surface area contributed by atoms with Crippen LogP contribution < -0.4 is 15.4 Å². The number of rotatable bonds is 6. The predicted octanol–water partition coefficient (Wildman–Crippen LogP) is 3.76. The Morgan fingerprint density at radius 2 is 1.54 bits per heavy atom. The minimum Gasteiger partial charge on any atom is -0.497 e. The Balaban J connectivity index is 1.69. The maximum Gasteiger partial charge on any atom is 0.337 e. The van der Waals surface area contributed by atoms with E-state index in [0.717, 1.165) is 17.1 Å². The molecule has 0 radical (unpaired) electrons. The number of aromatic nitrogens is 2. The molecular weight excluding hydrogens is 332 g/mol. The van der Waals surface area contributed by atoms with E-state index in [9.17, 15) is 4.79 Å². The van der Waals surface area contributed by atoms with Crippen LogP contribution in [-0.4, -0.2) is 30.2 Å². The molecule has 7 heteroatoms. The molecule has 0 aliphatic rings. The number of hydrogen-bond donors (Lipinski definition) is 2. The maximum absolute atomic E-state index is 11.5. The van der Waals surface area contributed by atoms with Gasteiger partial charge in [0.2, 0.25) is 5.95 Å². The Morgan fingerprint density at radius 3 is 2.19 bits per heavy atom. The third kappa shape index (κ3) is 4.27. The van der Waals surface area contributed by atoms with Crippen LogP contribution in [0, 0.1) is 0 Å². The normalized spacial score (nSPS) is 10.1. The quantitative estimate of drug-likeness (QED) is 0.655. The zero-order chi connectivity index (χ0) is 18.4. The summed E-state index contributed by atoms with van der Waals surface area (Å²) in [5.41, 5.74) is 2.13. The summed E-state index contributed by atoms with van der Waals surface area (Å²) in [5, 5.41) is 6.30. The zero-order valence-electron chi connectivity index (χ0n) is 14.4. The largest absolute Gasteiger partial charge is 0.497 e. The molecule has 0 fully saturated rings. The lowest BCUT2D eigenvalue weighted by molar-refractivity contribution is 0.0601. The van der Waals surface area contributed by atoms with Crippen LogP contribution >= 0.6 is 0 Å². The molecule has 0 aliphatic carbocycles. The van der Waals surface area contributed by atoms with E-state index in [2.05, 4.69) is 25.3 Å². The van der Waals surface area contributed by atoms with Gasteiger partial charge in [-0.15, -0.1) is 0 Å². The third-order valence-electron chi connectivity index (χ3n) is 3.58. The van der Waals surface area contributed by atoms with Crippen LogP contribution in [0.4, 0.5) is 23.1 Å². The van der Waals surface area contributed by atoms with Crippen LogP contribution in [0.15, 0.2) is 60.8 Å². The average Bonchev–Trinajstić information content (AvgIpc) is 2.69. The molecule has 132 valence electrons. The SMILES string of the molecule is COC(=O)c1ccc(Nc2nccc(Nc3ccc(OC)cc3)n2)cc1.